The monoisotopic (exact) mass is 476 g/mol. The SMILES string of the molecule is COc1ccc2c(=O)c3c(oc2c1)C(=O)N(CCN1CCOCC1)C3c1ccc(C(C)(C)C)cc1. The second-order valence-electron chi connectivity index (χ2n) is 10.3. The first kappa shape index (κ1) is 23.6. The number of rotatable bonds is 5. The summed E-state index contributed by atoms with van der Waals surface area (Å²) in [5.74, 6) is 0.451. The first-order chi connectivity index (χ1) is 16.8. The Morgan fingerprint density at radius 2 is 1.71 bits per heavy atom. The number of amides is 1. The van der Waals surface area contributed by atoms with Crippen LogP contribution in [0.2, 0.25) is 0 Å². The van der Waals surface area contributed by atoms with Crippen LogP contribution in [0.5, 0.6) is 5.75 Å². The molecule has 1 saturated heterocycles. The van der Waals surface area contributed by atoms with Gasteiger partial charge in [-0.25, -0.2) is 0 Å². The summed E-state index contributed by atoms with van der Waals surface area (Å²) in [6.45, 7) is 10.8. The number of hydrogen-bond acceptors (Lipinski definition) is 6. The van der Waals surface area contributed by atoms with Crippen LogP contribution in [0, 0.1) is 0 Å². The van der Waals surface area contributed by atoms with Gasteiger partial charge in [0.1, 0.15) is 11.3 Å². The molecule has 1 atom stereocenters. The first-order valence-corrected chi connectivity index (χ1v) is 12.1. The van der Waals surface area contributed by atoms with E-state index in [0.717, 1.165) is 18.7 Å². The van der Waals surface area contributed by atoms with Gasteiger partial charge < -0.3 is 18.8 Å². The molecule has 0 radical (unpaired) electrons. The number of carbonyl (C=O) groups excluding carboxylic acids is 1. The average Bonchev–Trinajstić information content (AvgIpc) is 3.14. The van der Waals surface area contributed by atoms with E-state index in [4.69, 9.17) is 13.9 Å². The minimum atomic E-state index is -0.490. The molecule has 2 aliphatic rings. The fraction of sp³-hybridized carbons (Fsp3) is 0.429. The zero-order chi connectivity index (χ0) is 24.7. The van der Waals surface area contributed by atoms with Gasteiger partial charge in [0, 0.05) is 32.2 Å². The van der Waals surface area contributed by atoms with Crippen LogP contribution in [-0.4, -0.2) is 62.2 Å². The van der Waals surface area contributed by atoms with Gasteiger partial charge in [-0.15, -0.1) is 0 Å². The Labute approximate surface area is 205 Å². The van der Waals surface area contributed by atoms with Crippen molar-refractivity contribution in [1.82, 2.24) is 9.80 Å². The highest BCUT2D eigenvalue weighted by Gasteiger charge is 2.42. The molecular weight excluding hydrogens is 444 g/mol. The quantitative estimate of drug-likeness (QED) is 0.555. The maximum atomic E-state index is 13.7. The summed E-state index contributed by atoms with van der Waals surface area (Å²) in [7, 11) is 1.56. The number of ether oxygens (including phenoxy) is 2. The van der Waals surface area contributed by atoms with E-state index in [1.54, 1.807) is 30.2 Å². The van der Waals surface area contributed by atoms with Crippen LogP contribution in [0.25, 0.3) is 11.0 Å². The van der Waals surface area contributed by atoms with E-state index in [1.165, 1.54) is 5.56 Å². The van der Waals surface area contributed by atoms with Gasteiger partial charge >= 0.3 is 0 Å². The van der Waals surface area contributed by atoms with Crippen molar-refractivity contribution >= 4 is 16.9 Å². The summed E-state index contributed by atoms with van der Waals surface area (Å²) in [5.41, 5.74) is 2.72. The molecule has 7 nitrogen and oxygen atoms in total. The molecule has 3 aromatic rings. The second kappa shape index (κ2) is 9.13. The van der Waals surface area contributed by atoms with Crippen LogP contribution < -0.4 is 10.2 Å². The summed E-state index contributed by atoms with van der Waals surface area (Å²) in [6, 6.07) is 12.9. The standard InChI is InChI=1S/C28H32N2O5/c1-28(2,3)19-7-5-18(6-8-19)24-23-25(31)21-10-9-20(33-4)17-22(21)35-26(23)27(32)30(24)12-11-29-13-15-34-16-14-29/h5-10,17,24H,11-16H2,1-4H3. The molecule has 5 rings (SSSR count). The normalized spacial score (nSPS) is 18.8. The van der Waals surface area contributed by atoms with Crippen molar-refractivity contribution in [3.05, 3.63) is 75.1 Å². The number of nitrogens with zero attached hydrogens (tertiary/aromatic N) is 2. The van der Waals surface area contributed by atoms with E-state index in [-0.39, 0.29) is 22.5 Å². The summed E-state index contributed by atoms with van der Waals surface area (Å²) >= 11 is 0. The Balaban J connectivity index is 1.59. The maximum Gasteiger partial charge on any atom is 0.290 e. The molecule has 1 fully saturated rings. The third kappa shape index (κ3) is 4.34. The van der Waals surface area contributed by atoms with Crippen molar-refractivity contribution in [3.8, 4) is 5.75 Å². The van der Waals surface area contributed by atoms with Crippen molar-refractivity contribution in [1.29, 1.82) is 0 Å². The Kier molecular flexibility index (Phi) is 6.15. The van der Waals surface area contributed by atoms with Crippen LogP contribution in [0.4, 0.5) is 0 Å². The zero-order valence-electron chi connectivity index (χ0n) is 20.8. The molecule has 2 aliphatic heterocycles. The molecule has 0 N–H and O–H groups in total. The minimum absolute atomic E-state index is 0.00619. The van der Waals surface area contributed by atoms with Crippen LogP contribution in [0.15, 0.2) is 51.7 Å². The highest BCUT2D eigenvalue weighted by molar-refractivity contribution is 5.99. The molecular formula is C28H32N2O5. The Morgan fingerprint density at radius 1 is 1.00 bits per heavy atom. The predicted octanol–water partition coefficient (Wildman–Crippen LogP) is 3.98. The summed E-state index contributed by atoms with van der Waals surface area (Å²) in [6.07, 6.45) is 0. The lowest BCUT2D eigenvalue weighted by atomic mass is 9.86. The number of morpholine rings is 1. The lowest BCUT2D eigenvalue weighted by molar-refractivity contribution is 0.0314. The van der Waals surface area contributed by atoms with Crippen molar-refractivity contribution in [3.63, 3.8) is 0 Å². The van der Waals surface area contributed by atoms with E-state index in [2.05, 4.69) is 37.8 Å². The molecule has 0 aliphatic carbocycles. The fourth-order valence-electron chi connectivity index (χ4n) is 4.94. The third-order valence-electron chi connectivity index (χ3n) is 7.03. The Bertz CT molecular complexity index is 1300. The molecule has 1 amide bonds. The molecule has 0 saturated carbocycles. The minimum Gasteiger partial charge on any atom is -0.497 e. The van der Waals surface area contributed by atoms with Gasteiger partial charge in [0.2, 0.25) is 5.76 Å². The second-order valence-corrected chi connectivity index (χ2v) is 10.3. The Hall–Kier alpha value is -3.16. The lowest BCUT2D eigenvalue weighted by Crippen LogP contribution is -2.42. The number of hydrogen-bond donors (Lipinski definition) is 0. The number of carbonyl (C=O) groups is 1. The molecule has 7 heteroatoms. The highest BCUT2D eigenvalue weighted by atomic mass is 16.5. The van der Waals surface area contributed by atoms with Crippen LogP contribution in [-0.2, 0) is 10.2 Å². The van der Waals surface area contributed by atoms with Gasteiger partial charge in [0.15, 0.2) is 5.43 Å². The van der Waals surface area contributed by atoms with E-state index < -0.39 is 6.04 Å². The largest absolute Gasteiger partial charge is 0.497 e. The van der Waals surface area contributed by atoms with Crippen LogP contribution in [0.3, 0.4) is 0 Å². The molecule has 0 bridgehead atoms. The topological polar surface area (TPSA) is 72.2 Å². The van der Waals surface area contributed by atoms with Gasteiger partial charge in [-0.1, -0.05) is 45.0 Å². The predicted molar refractivity (Wildman–Crippen MR) is 134 cm³/mol. The number of benzene rings is 2. The molecule has 1 aromatic heterocycles. The molecule has 0 spiro atoms. The van der Waals surface area contributed by atoms with Gasteiger partial charge in [-0.3, -0.25) is 14.5 Å². The molecule has 184 valence electrons. The molecule has 2 aromatic carbocycles. The van der Waals surface area contributed by atoms with E-state index in [1.807, 2.05) is 12.1 Å². The summed E-state index contributed by atoms with van der Waals surface area (Å²) < 4.78 is 16.8. The smallest absolute Gasteiger partial charge is 0.290 e. The van der Waals surface area contributed by atoms with Crippen LogP contribution in [0.1, 0.15) is 54.1 Å². The Morgan fingerprint density at radius 3 is 2.37 bits per heavy atom. The van der Waals surface area contributed by atoms with Gasteiger partial charge in [-0.05, 0) is 28.7 Å². The van der Waals surface area contributed by atoms with Gasteiger partial charge in [-0.2, -0.15) is 0 Å². The van der Waals surface area contributed by atoms with Crippen molar-refractivity contribution in [2.24, 2.45) is 0 Å². The number of methoxy groups -OCH3 is 1. The summed E-state index contributed by atoms with van der Waals surface area (Å²) in [5, 5.41) is 0.448. The van der Waals surface area contributed by atoms with Crippen molar-refractivity contribution < 1.29 is 18.7 Å². The highest BCUT2D eigenvalue weighted by Crippen LogP contribution is 2.39. The first-order valence-electron chi connectivity index (χ1n) is 12.1. The molecule has 35 heavy (non-hydrogen) atoms. The molecule has 3 heterocycles. The van der Waals surface area contributed by atoms with Crippen molar-refractivity contribution in [2.45, 2.75) is 32.2 Å². The zero-order valence-corrected chi connectivity index (χ0v) is 20.8. The van der Waals surface area contributed by atoms with Crippen molar-refractivity contribution in [2.75, 3.05) is 46.5 Å². The van der Waals surface area contributed by atoms with Crippen LogP contribution >= 0.6 is 0 Å². The third-order valence-corrected chi connectivity index (χ3v) is 7.03. The van der Waals surface area contributed by atoms with E-state index >= 15 is 0 Å². The average molecular weight is 477 g/mol. The summed E-state index contributed by atoms with van der Waals surface area (Å²) in [4.78, 5) is 31.4. The van der Waals surface area contributed by atoms with E-state index in [9.17, 15) is 9.59 Å². The van der Waals surface area contributed by atoms with Gasteiger partial charge in [0.05, 0.1) is 37.3 Å². The van der Waals surface area contributed by atoms with Gasteiger partial charge in [0.25, 0.3) is 5.91 Å². The van der Waals surface area contributed by atoms with E-state index in [0.29, 0.717) is 48.6 Å². The number of fused-ring (bicyclic) bond motifs is 2. The molecule has 1 unspecified atom stereocenters. The maximum absolute atomic E-state index is 13.7. The lowest BCUT2D eigenvalue weighted by Gasteiger charge is -2.31. The fourth-order valence-corrected chi connectivity index (χ4v) is 4.94.